The molecule has 3 heterocycles. The third kappa shape index (κ3) is 3.03. The van der Waals surface area contributed by atoms with E-state index in [4.69, 9.17) is 9.15 Å². The monoisotopic (exact) mass is 369 g/mol. The van der Waals surface area contributed by atoms with E-state index in [-0.39, 0.29) is 29.6 Å². The number of fused-ring (bicyclic) bond motifs is 1. The average Bonchev–Trinajstić information content (AvgIpc) is 3.30. The molecule has 8 nitrogen and oxygen atoms in total. The van der Waals surface area contributed by atoms with Crippen LogP contribution in [0.15, 0.2) is 47.1 Å². The Morgan fingerprint density at radius 2 is 2.00 bits per heavy atom. The van der Waals surface area contributed by atoms with Crippen LogP contribution in [0, 0.1) is 0 Å². The number of nitrogens with zero attached hydrogens (tertiary/aromatic N) is 2. The largest absolute Gasteiger partial charge is 0.497 e. The molecular weight excluding hydrogens is 350 g/mol. The van der Waals surface area contributed by atoms with Crippen LogP contribution >= 0.6 is 0 Å². The lowest BCUT2D eigenvalue weighted by molar-refractivity contribution is -0.120. The van der Waals surface area contributed by atoms with E-state index < -0.39 is 6.04 Å². The van der Waals surface area contributed by atoms with Gasteiger partial charge in [-0.3, -0.25) is 9.59 Å². The van der Waals surface area contributed by atoms with E-state index >= 15 is 0 Å². The van der Waals surface area contributed by atoms with Crippen molar-refractivity contribution in [2.24, 2.45) is 0 Å². The summed E-state index contributed by atoms with van der Waals surface area (Å²) in [5.74, 6) is 0.284. The first-order valence-electron chi connectivity index (χ1n) is 8.71. The van der Waals surface area contributed by atoms with Crippen LogP contribution in [0.2, 0.25) is 0 Å². The topological polar surface area (TPSA) is 92.1 Å². The highest BCUT2D eigenvalue weighted by molar-refractivity contribution is 6.21. The van der Waals surface area contributed by atoms with Crippen LogP contribution in [-0.4, -0.2) is 48.5 Å². The fourth-order valence-corrected chi connectivity index (χ4v) is 3.56. The zero-order valence-corrected chi connectivity index (χ0v) is 14.8. The van der Waals surface area contributed by atoms with Crippen molar-refractivity contribution in [3.05, 3.63) is 48.4 Å². The third-order valence-electron chi connectivity index (χ3n) is 4.96. The fourth-order valence-electron chi connectivity index (χ4n) is 3.56. The molecule has 1 aromatic heterocycles. The number of hydrogen-bond acceptors (Lipinski definition) is 5. The van der Waals surface area contributed by atoms with Crippen molar-refractivity contribution in [3.63, 3.8) is 0 Å². The van der Waals surface area contributed by atoms with Gasteiger partial charge in [-0.1, -0.05) is 0 Å². The van der Waals surface area contributed by atoms with E-state index in [2.05, 4.69) is 5.32 Å². The Kier molecular flexibility index (Phi) is 4.31. The Balaban J connectivity index is 1.48. The lowest BCUT2D eigenvalue weighted by atomic mass is 9.98. The summed E-state index contributed by atoms with van der Waals surface area (Å²) in [6.07, 6.45) is 2.39. The summed E-state index contributed by atoms with van der Waals surface area (Å²) in [7, 11) is 1.55. The summed E-state index contributed by atoms with van der Waals surface area (Å²) >= 11 is 0. The van der Waals surface area contributed by atoms with Crippen LogP contribution in [0.25, 0.3) is 0 Å². The molecule has 140 valence electrons. The maximum Gasteiger partial charge on any atom is 0.332 e. The van der Waals surface area contributed by atoms with Gasteiger partial charge in [0.1, 0.15) is 11.8 Å². The van der Waals surface area contributed by atoms with Gasteiger partial charge in [0.05, 0.1) is 19.1 Å². The molecule has 1 N–H and O–H groups in total. The molecule has 2 aromatic rings. The maximum atomic E-state index is 12.9. The summed E-state index contributed by atoms with van der Waals surface area (Å²) in [6, 6.07) is 8.91. The number of carbonyl (C=O) groups is 3. The molecule has 27 heavy (non-hydrogen) atoms. The summed E-state index contributed by atoms with van der Waals surface area (Å²) < 4.78 is 10.2. The number of carbonyl (C=O) groups excluding carboxylic acids is 3. The molecule has 1 aromatic carbocycles. The minimum absolute atomic E-state index is 0.198. The Morgan fingerprint density at radius 1 is 1.22 bits per heavy atom. The van der Waals surface area contributed by atoms with Crippen molar-refractivity contribution in [3.8, 4) is 5.75 Å². The van der Waals surface area contributed by atoms with Crippen molar-refractivity contribution >= 4 is 23.5 Å². The van der Waals surface area contributed by atoms with Crippen LogP contribution in [0.5, 0.6) is 5.75 Å². The molecule has 4 rings (SSSR count). The van der Waals surface area contributed by atoms with E-state index in [1.165, 1.54) is 11.2 Å². The quantitative estimate of drug-likeness (QED) is 0.833. The molecule has 0 unspecified atom stereocenters. The number of methoxy groups -OCH3 is 1. The van der Waals surface area contributed by atoms with Crippen molar-refractivity contribution in [2.75, 3.05) is 18.6 Å². The number of anilines is 1. The molecule has 2 saturated heterocycles. The standard InChI is InChI=1S/C19H19N3O5/c1-26-14-6-4-13(5-7-14)22-18(24)15-11-12(8-9-21(15)19(22)25)20-17(23)16-3-2-10-27-16/h2-7,10,12,15H,8-9,11H2,1H3,(H,20,23)/t12-,15-/m0/s1. The summed E-state index contributed by atoms with van der Waals surface area (Å²) in [6.45, 7) is 0.408. The first kappa shape index (κ1) is 17.1. The zero-order valence-electron chi connectivity index (χ0n) is 14.8. The molecule has 2 atom stereocenters. The average molecular weight is 369 g/mol. The smallest absolute Gasteiger partial charge is 0.332 e. The van der Waals surface area contributed by atoms with Gasteiger partial charge in [-0.05, 0) is 49.2 Å². The predicted octanol–water partition coefficient (Wildman–Crippen LogP) is 2.02. The van der Waals surface area contributed by atoms with Gasteiger partial charge in [0.15, 0.2) is 5.76 Å². The summed E-state index contributed by atoms with van der Waals surface area (Å²) in [4.78, 5) is 40.5. The number of piperidine rings is 1. The van der Waals surface area contributed by atoms with Gasteiger partial charge < -0.3 is 19.4 Å². The van der Waals surface area contributed by atoms with Crippen LogP contribution in [0.3, 0.4) is 0 Å². The second-order valence-electron chi connectivity index (χ2n) is 6.54. The number of imide groups is 1. The Bertz CT molecular complexity index is 862. The normalized spacial score (nSPS) is 22.0. The lowest BCUT2D eigenvalue weighted by Gasteiger charge is -2.32. The van der Waals surface area contributed by atoms with E-state index in [0.29, 0.717) is 30.8 Å². The van der Waals surface area contributed by atoms with Gasteiger partial charge in [-0.25, -0.2) is 9.69 Å². The summed E-state index contributed by atoms with van der Waals surface area (Å²) in [5.41, 5.74) is 0.511. The van der Waals surface area contributed by atoms with E-state index in [0.717, 1.165) is 0 Å². The molecule has 0 bridgehead atoms. The minimum Gasteiger partial charge on any atom is -0.497 e. The van der Waals surface area contributed by atoms with E-state index in [9.17, 15) is 14.4 Å². The Morgan fingerprint density at radius 3 is 2.67 bits per heavy atom. The minimum atomic E-state index is -0.574. The molecule has 0 radical (unpaired) electrons. The molecular formula is C19H19N3O5. The number of furan rings is 1. The highest BCUT2D eigenvalue weighted by Crippen LogP contribution is 2.31. The summed E-state index contributed by atoms with van der Waals surface area (Å²) in [5, 5.41) is 2.88. The number of hydrogen-bond donors (Lipinski definition) is 1. The maximum absolute atomic E-state index is 12.9. The molecule has 2 aliphatic rings. The second-order valence-corrected chi connectivity index (χ2v) is 6.54. The SMILES string of the molecule is COc1ccc(N2C(=O)[C@@H]3C[C@@H](NC(=O)c4ccco4)CCN3C2=O)cc1. The number of ether oxygens (including phenoxy) is 1. The van der Waals surface area contributed by atoms with E-state index in [1.54, 1.807) is 48.4 Å². The predicted molar refractivity (Wildman–Crippen MR) is 95.6 cm³/mol. The molecule has 0 spiro atoms. The molecule has 4 amide bonds. The zero-order chi connectivity index (χ0) is 19.0. The van der Waals surface area contributed by atoms with E-state index in [1.807, 2.05) is 0 Å². The lowest BCUT2D eigenvalue weighted by Crippen LogP contribution is -2.49. The number of nitrogens with one attached hydrogen (secondary N) is 1. The number of rotatable bonds is 4. The fraction of sp³-hybridized carbons (Fsp3) is 0.316. The van der Waals surface area contributed by atoms with Crippen LogP contribution in [0.1, 0.15) is 23.4 Å². The van der Waals surface area contributed by atoms with Gasteiger partial charge in [-0.2, -0.15) is 0 Å². The Hall–Kier alpha value is -3.29. The van der Waals surface area contributed by atoms with Gasteiger partial charge >= 0.3 is 6.03 Å². The third-order valence-corrected chi connectivity index (χ3v) is 4.96. The van der Waals surface area contributed by atoms with Crippen LogP contribution in [0.4, 0.5) is 10.5 Å². The van der Waals surface area contributed by atoms with Crippen molar-refractivity contribution in [1.29, 1.82) is 0 Å². The Labute approximate surface area is 155 Å². The molecule has 2 fully saturated rings. The number of amides is 4. The molecule has 8 heteroatoms. The second kappa shape index (κ2) is 6.79. The number of urea groups is 1. The van der Waals surface area contributed by atoms with Gasteiger partial charge in [0.2, 0.25) is 0 Å². The first-order chi connectivity index (χ1) is 13.1. The van der Waals surface area contributed by atoms with Crippen molar-refractivity contribution in [2.45, 2.75) is 24.9 Å². The highest BCUT2D eigenvalue weighted by atomic mass is 16.5. The van der Waals surface area contributed by atoms with Gasteiger partial charge in [0.25, 0.3) is 11.8 Å². The van der Waals surface area contributed by atoms with Crippen molar-refractivity contribution in [1.82, 2.24) is 10.2 Å². The van der Waals surface area contributed by atoms with Crippen molar-refractivity contribution < 1.29 is 23.5 Å². The number of benzene rings is 1. The molecule has 0 saturated carbocycles. The van der Waals surface area contributed by atoms with Crippen LogP contribution < -0.4 is 15.0 Å². The van der Waals surface area contributed by atoms with Crippen LogP contribution in [-0.2, 0) is 4.79 Å². The highest BCUT2D eigenvalue weighted by Gasteiger charge is 2.48. The molecule has 0 aliphatic carbocycles. The van der Waals surface area contributed by atoms with Gasteiger partial charge in [0, 0.05) is 12.6 Å². The van der Waals surface area contributed by atoms with Gasteiger partial charge in [-0.15, -0.1) is 0 Å². The first-order valence-corrected chi connectivity index (χ1v) is 8.71. The molecule has 2 aliphatic heterocycles.